The molecule has 0 aliphatic carbocycles. The summed E-state index contributed by atoms with van der Waals surface area (Å²) in [6.45, 7) is 5.48. The predicted molar refractivity (Wildman–Crippen MR) is 83.5 cm³/mol. The Kier molecular flexibility index (Phi) is 5.58. The molecule has 21 heavy (non-hydrogen) atoms. The Labute approximate surface area is 126 Å². The Balaban J connectivity index is 1.94. The van der Waals surface area contributed by atoms with Crippen LogP contribution >= 0.6 is 0 Å². The molecule has 0 fully saturated rings. The van der Waals surface area contributed by atoms with Crippen molar-refractivity contribution in [2.24, 2.45) is 0 Å². The van der Waals surface area contributed by atoms with E-state index in [1.165, 1.54) is 0 Å². The van der Waals surface area contributed by atoms with Gasteiger partial charge in [0.05, 0.1) is 12.8 Å². The second-order valence-corrected chi connectivity index (χ2v) is 5.16. The third-order valence-electron chi connectivity index (χ3n) is 3.02. The van der Waals surface area contributed by atoms with Crippen LogP contribution in [0.1, 0.15) is 25.1 Å². The molecule has 4 nitrogen and oxygen atoms in total. The number of hydrogen-bond donors (Lipinski definition) is 1. The molecule has 0 aliphatic rings. The summed E-state index contributed by atoms with van der Waals surface area (Å²) < 4.78 is 11.0. The van der Waals surface area contributed by atoms with Gasteiger partial charge in [-0.05, 0) is 23.8 Å². The molecule has 1 aromatic carbocycles. The first kappa shape index (κ1) is 15.3. The third kappa shape index (κ3) is 5.08. The van der Waals surface area contributed by atoms with Crippen LogP contribution < -0.4 is 14.8 Å². The van der Waals surface area contributed by atoms with Crippen molar-refractivity contribution in [3.63, 3.8) is 0 Å². The van der Waals surface area contributed by atoms with Crippen LogP contribution in [0.25, 0.3) is 0 Å². The number of ether oxygens (including phenoxy) is 2. The Morgan fingerprint density at radius 3 is 2.76 bits per heavy atom. The molecule has 0 amide bonds. The Hall–Kier alpha value is -2.07. The van der Waals surface area contributed by atoms with Crippen molar-refractivity contribution in [2.45, 2.75) is 33.0 Å². The topological polar surface area (TPSA) is 43.4 Å². The first-order valence-corrected chi connectivity index (χ1v) is 7.11. The summed E-state index contributed by atoms with van der Waals surface area (Å²) in [6.07, 6.45) is 1.78. The zero-order valence-corrected chi connectivity index (χ0v) is 12.8. The minimum Gasteiger partial charge on any atom is -0.497 e. The van der Waals surface area contributed by atoms with Crippen molar-refractivity contribution < 1.29 is 9.47 Å². The van der Waals surface area contributed by atoms with E-state index >= 15 is 0 Å². The highest BCUT2D eigenvalue weighted by Crippen LogP contribution is 2.16. The lowest BCUT2D eigenvalue weighted by Gasteiger charge is -2.10. The molecule has 2 rings (SSSR count). The number of nitrogens with one attached hydrogen (secondary N) is 1. The van der Waals surface area contributed by atoms with Crippen molar-refractivity contribution >= 4 is 0 Å². The molecule has 0 radical (unpaired) electrons. The van der Waals surface area contributed by atoms with Gasteiger partial charge in [-0.1, -0.05) is 26.0 Å². The fourth-order valence-corrected chi connectivity index (χ4v) is 1.88. The van der Waals surface area contributed by atoms with Crippen LogP contribution in [0, 0.1) is 0 Å². The molecule has 0 aliphatic heterocycles. The summed E-state index contributed by atoms with van der Waals surface area (Å²) in [5.74, 6) is 1.67. The highest BCUT2D eigenvalue weighted by Gasteiger charge is 2.01. The molecule has 0 saturated heterocycles. The van der Waals surface area contributed by atoms with Crippen LogP contribution in [0.3, 0.4) is 0 Å². The zero-order valence-electron chi connectivity index (χ0n) is 12.8. The van der Waals surface area contributed by atoms with Gasteiger partial charge in [0.2, 0.25) is 0 Å². The van der Waals surface area contributed by atoms with Gasteiger partial charge in [-0.15, -0.1) is 0 Å². The van der Waals surface area contributed by atoms with E-state index in [-0.39, 0.29) is 0 Å². The normalized spacial score (nSPS) is 10.7. The molecule has 2 aromatic rings. The molecule has 0 bridgehead atoms. The van der Waals surface area contributed by atoms with Gasteiger partial charge in [-0.3, -0.25) is 4.98 Å². The molecular weight excluding hydrogens is 264 g/mol. The average Bonchev–Trinajstić information content (AvgIpc) is 2.51. The maximum atomic E-state index is 5.82. The summed E-state index contributed by atoms with van der Waals surface area (Å²) in [4.78, 5) is 4.33. The first-order valence-electron chi connectivity index (χ1n) is 7.11. The van der Waals surface area contributed by atoms with Crippen LogP contribution in [0.5, 0.6) is 11.5 Å². The maximum Gasteiger partial charge on any atom is 0.123 e. The van der Waals surface area contributed by atoms with E-state index in [0.717, 1.165) is 29.3 Å². The molecule has 0 unspecified atom stereocenters. The number of hydrogen-bond acceptors (Lipinski definition) is 4. The number of nitrogens with zero attached hydrogens (tertiary/aromatic N) is 1. The number of rotatable bonds is 7. The Morgan fingerprint density at radius 1 is 1.14 bits per heavy atom. The largest absolute Gasteiger partial charge is 0.497 e. The van der Waals surface area contributed by atoms with Crippen LogP contribution in [0.4, 0.5) is 0 Å². The van der Waals surface area contributed by atoms with Gasteiger partial charge in [-0.2, -0.15) is 0 Å². The molecule has 0 saturated carbocycles. The van der Waals surface area contributed by atoms with Crippen molar-refractivity contribution in [3.05, 3.63) is 53.9 Å². The standard InChI is InChI=1S/C17H22N2O2/c1-13(2)19-11-15-10-17(7-8-18-15)21-12-14-5-4-6-16(9-14)20-3/h4-10,13,19H,11-12H2,1-3H3. The average molecular weight is 286 g/mol. The van der Waals surface area contributed by atoms with Gasteiger partial charge >= 0.3 is 0 Å². The van der Waals surface area contributed by atoms with Crippen LogP contribution in [0.2, 0.25) is 0 Å². The minimum absolute atomic E-state index is 0.438. The van der Waals surface area contributed by atoms with Gasteiger partial charge < -0.3 is 14.8 Å². The van der Waals surface area contributed by atoms with E-state index in [2.05, 4.69) is 24.1 Å². The highest BCUT2D eigenvalue weighted by atomic mass is 16.5. The van der Waals surface area contributed by atoms with E-state index in [1.807, 2.05) is 36.4 Å². The second-order valence-electron chi connectivity index (χ2n) is 5.16. The number of methoxy groups -OCH3 is 1. The Morgan fingerprint density at radius 2 is 2.00 bits per heavy atom. The van der Waals surface area contributed by atoms with E-state index in [0.29, 0.717) is 12.6 Å². The quantitative estimate of drug-likeness (QED) is 0.849. The molecule has 1 N–H and O–H groups in total. The smallest absolute Gasteiger partial charge is 0.123 e. The second kappa shape index (κ2) is 7.64. The lowest BCUT2D eigenvalue weighted by molar-refractivity contribution is 0.304. The van der Waals surface area contributed by atoms with Crippen LogP contribution in [-0.2, 0) is 13.2 Å². The lowest BCUT2D eigenvalue weighted by atomic mass is 10.2. The highest BCUT2D eigenvalue weighted by molar-refractivity contribution is 5.29. The molecule has 1 aromatic heterocycles. The third-order valence-corrected chi connectivity index (χ3v) is 3.02. The van der Waals surface area contributed by atoms with Crippen molar-refractivity contribution in [3.8, 4) is 11.5 Å². The maximum absolute atomic E-state index is 5.82. The van der Waals surface area contributed by atoms with E-state index in [4.69, 9.17) is 9.47 Å². The Bertz CT molecular complexity index is 570. The first-order chi connectivity index (χ1) is 10.2. The number of aromatic nitrogens is 1. The van der Waals surface area contributed by atoms with Crippen molar-refractivity contribution in [1.29, 1.82) is 0 Å². The molecule has 0 atom stereocenters. The van der Waals surface area contributed by atoms with Gasteiger partial charge in [0, 0.05) is 24.8 Å². The van der Waals surface area contributed by atoms with Gasteiger partial charge in [0.25, 0.3) is 0 Å². The summed E-state index contributed by atoms with van der Waals surface area (Å²) in [6, 6.07) is 12.2. The zero-order chi connectivity index (χ0) is 15.1. The minimum atomic E-state index is 0.438. The SMILES string of the molecule is COc1cccc(COc2ccnc(CNC(C)C)c2)c1. The fourth-order valence-electron chi connectivity index (χ4n) is 1.88. The van der Waals surface area contributed by atoms with E-state index < -0.39 is 0 Å². The van der Waals surface area contributed by atoms with Crippen LogP contribution in [-0.4, -0.2) is 18.1 Å². The van der Waals surface area contributed by atoms with Gasteiger partial charge in [0.15, 0.2) is 0 Å². The fraction of sp³-hybridized carbons (Fsp3) is 0.353. The number of benzene rings is 1. The monoisotopic (exact) mass is 286 g/mol. The summed E-state index contributed by atoms with van der Waals surface area (Å²) in [5.41, 5.74) is 2.06. The predicted octanol–water partition coefficient (Wildman–Crippen LogP) is 3.17. The van der Waals surface area contributed by atoms with E-state index in [9.17, 15) is 0 Å². The van der Waals surface area contributed by atoms with Gasteiger partial charge in [-0.25, -0.2) is 0 Å². The van der Waals surface area contributed by atoms with E-state index in [1.54, 1.807) is 13.3 Å². The van der Waals surface area contributed by atoms with Crippen molar-refractivity contribution in [1.82, 2.24) is 10.3 Å². The van der Waals surface area contributed by atoms with Crippen molar-refractivity contribution in [2.75, 3.05) is 7.11 Å². The molecular formula is C17H22N2O2. The summed E-state index contributed by atoms with van der Waals surface area (Å²) in [7, 11) is 1.66. The summed E-state index contributed by atoms with van der Waals surface area (Å²) >= 11 is 0. The molecule has 4 heteroatoms. The summed E-state index contributed by atoms with van der Waals surface area (Å²) in [5, 5.41) is 3.34. The molecule has 1 heterocycles. The lowest BCUT2D eigenvalue weighted by Crippen LogP contribution is -2.22. The molecule has 112 valence electrons. The van der Waals surface area contributed by atoms with Gasteiger partial charge in [0.1, 0.15) is 18.1 Å². The molecule has 0 spiro atoms. The number of pyridine rings is 1. The van der Waals surface area contributed by atoms with Crippen LogP contribution in [0.15, 0.2) is 42.6 Å².